The Morgan fingerprint density at radius 2 is 2.19 bits per heavy atom. The van der Waals surface area contributed by atoms with Gasteiger partial charge in [-0.25, -0.2) is 14.4 Å². The van der Waals surface area contributed by atoms with Gasteiger partial charge >= 0.3 is 0 Å². The molecule has 3 heterocycles. The minimum Gasteiger partial charge on any atom is -0.493 e. The first-order valence-electron chi connectivity index (χ1n) is 10.8. The Balaban J connectivity index is 1.34. The van der Waals surface area contributed by atoms with E-state index >= 15 is 0 Å². The van der Waals surface area contributed by atoms with Gasteiger partial charge in [-0.05, 0) is 43.5 Å². The number of hydrogen-bond acceptors (Lipinski definition) is 6. The highest BCUT2D eigenvalue weighted by Gasteiger charge is 2.26. The molecular weight excluding hydrogens is 409 g/mol. The van der Waals surface area contributed by atoms with Gasteiger partial charge in [0.15, 0.2) is 0 Å². The van der Waals surface area contributed by atoms with Crippen LogP contribution in [0, 0.1) is 12.7 Å². The van der Waals surface area contributed by atoms with Gasteiger partial charge in [-0.15, -0.1) is 0 Å². The maximum absolute atomic E-state index is 13.2. The van der Waals surface area contributed by atoms with Gasteiger partial charge in [0.2, 0.25) is 5.91 Å². The Morgan fingerprint density at radius 3 is 3.03 bits per heavy atom. The molecule has 32 heavy (non-hydrogen) atoms. The van der Waals surface area contributed by atoms with Crippen molar-refractivity contribution in [2.75, 3.05) is 25.0 Å². The molecule has 4 rings (SSSR count). The Bertz CT molecular complexity index is 1080. The Morgan fingerprint density at radius 1 is 1.28 bits per heavy atom. The van der Waals surface area contributed by atoms with E-state index in [1.165, 1.54) is 12.1 Å². The van der Waals surface area contributed by atoms with Crippen molar-refractivity contribution in [2.24, 2.45) is 0 Å². The van der Waals surface area contributed by atoms with Gasteiger partial charge in [0, 0.05) is 37.5 Å². The second kappa shape index (κ2) is 10.2. The van der Waals surface area contributed by atoms with Crippen molar-refractivity contribution < 1.29 is 13.9 Å². The molecule has 1 amide bonds. The molecule has 0 radical (unpaired) electrons. The van der Waals surface area contributed by atoms with Crippen LogP contribution < -0.4 is 10.1 Å². The smallest absolute Gasteiger partial charge is 0.226 e. The topological polar surface area (TPSA) is 80.2 Å². The maximum atomic E-state index is 13.2. The number of pyridine rings is 1. The number of rotatable bonds is 7. The first-order valence-corrected chi connectivity index (χ1v) is 10.8. The van der Waals surface area contributed by atoms with E-state index in [4.69, 9.17) is 9.72 Å². The molecule has 1 N–H and O–H groups in total. The molecular formula is C24H26FN5O2. The zero-order valence-electron chi connectivity index (χ0n) is 18.0. The maximum Gasteiger partial charge on any atom is 0.226 e. The largest absolute Gasteiger partial charge is 0.493 e. The minimum absolute atomic E-state index is 0.0254. The summed E-state index contributed by atoms with van der Waals surface area (Å²) in [5.74, 6) is 1.60. The summed E-state index contributed by atoms with van der Waals surface area (Å²) in [5, 5.41) is 3.22. The van der Waals surface area contributed by atoms with Crippen molar-refractivity contribution in [3.05, 3.63) is 72.1 Å². The third-order valence-corrected chi connectivity index (χ3v) is 5.48. The van der Waals surface area contributed by atoms with Crippen LogP contribution in [0.25, 0.3) is 0 Å². The Hall–Kier alpha value is -3.55. The molecule has 1 aromatic carbocycles. The van der Waals surface area contributed by atoms with Crippen molar-refractivity contribution >= 4 is 17.5 Å². The highest BCUT2D eigenvalue weighted by atomic mass is 19.1. The van der Waals surface area contributed by atoms with Crippen molar-refractivity contribution in [1.82, 2.24) is 19.9 Å². The zero-order chi connectivity index (χ0) is 22.3. The average Bonchev–Trinajstić information content (AvgIpc) is 2.81. The molecule has 1 aliphatic rings. The Labute approximate surface area is 186 Å². The van der Waals surface area contributed by atoms with Crippen molar-refractivity contribution in [2.45, 2.75) is 32.1 Å². The second-order valence-electron chi connectivity index (χ2n) is 7.86. The van der Waals surface area contributed by atoms with Crippen LogP contribution >= 0.6 is 0 Å². The monoisotopic (exact) mass is 435 g/mol. The summed E-state index contributed by atoms with van der Waals surface area (Å²) >= 11 is 0. The number of hydrogen-bond donors (Lipinski definition) is 1. The first-order chi connectivity index (χ1) is 15.6. The van der Waals surface area contributed by atoms with Crippen LogP contribution in [0.5, 0.6) is 5.75 Å². The molecule has 7 nitrogen and oxygen atoms in total. The number of ether oxygens (including phenoxy) is 1. The van der Waals surface area contributed by atoms with E-state index < -0.39 is 0 Å². The number of halogens is 1. The van der Waals surface area contributed by atoms with Gasteiger partial charge in [-0.2, -0.15) is 0 Å². The van der Waals surface area contributed by atoms with Crippen molar-refractivity contribution in [3.8, 4) is 5.75 Å². The van der Waals surface area contributed by atoms with Gasteiger partial charge < -0.3 is 15.0 Å². The van der Waals surface area contributed by atoms with E-state index in [1.54, 1.807) is 30.7 Å². The number of nitrogens with zero attached hydrogens (tertiary/aromatic N) is 4. The molecule has 2 aromatic heterocycles. The lowest BCUT2D eigenvalue weighted by Gasteiger charge is -2.32. The number of carbonyl (C=O) groups excluding carboxylic acids is 1. The van der Waals surface area contributed by atoms with Gasteiger partial charge in [0.05, 0.1) is 24.9 Å². The number of carbonyl (C=O) groups is 1. The number of amides is 1. The van der Waals surface area contributed by atoms with E-state index in [1.807, 2.05) is 24.0 Å². The summed E-state index contributed by atoms with van der Waals surface area (Å²) in [6.45, 7) is 3.51. The van der Waals surface area contributed by atoms with E-state index in [-0.39, 0.29) is 30.7 Å². The van der Waals surface area contributed by atoms with Gasteiger partial charge in [-0.3, -0.25) is 9.78 Å². The first kappa shape index (κ1) is 21.7. The van der Waals surface area contributed by atoms with Crippen LogP contribution in [0.2, 0.25) is 0 Å². The lowest BCUT2D eigenvalue weighted by Crippen LogP contribution is -2.39. The molecule has 0 unspecified atom stereocenters. The number of anilines is 2. The lowest BCUT2D eigenvalue weighted by molar-refractivity contribution is -0.132. The average molecular weight is 436 g/mol. The van der Waals surface area contributed by atoms with Crippen LogP contribution in [-0.2, 0) is 4.79 Å². The fourth-order valence-electron chi connectivity index (χ4n) is 3.79. The molecule has 1 aliphatic heterocycles. The fourth-order valence-corrected chi connectivity index (χ4v) is 3.79. The molecule has 0 saturated carbocycles. The van der Waals surface area contributed by atoms with Gasteiger partial charge in [0.25, 0.3) is 0 Å². The van der Waals surface area contributed by atoms with Crippen LogP contribution in [0.4, 0.5) is 16.0 Å². The van der Waals surface area contributed by atoms with Crippen LogP contribution in [0.3, 0.4) is 0 Å². The minimum atomic E-state index is -0.358. The third-order valence-electron chi connectivity index (χ3n) is 5.48. The van der Waals surface area contributed by atoms with E-state index in [2.05, 4.69) is 15.3 Å². The molecule has 3 aromatic rings. The molecule has 0 bridgehead atoms. The quantitative estimate of drug-likeness (QED) is 0.598. The van der Waals surface area contributed by atoms with E-state index in [9.17, 15) is 9.18 Å². The highest BCUT2D eigenvalue weighted by Crippen LogP contribution is 2.27. The second-order valence-corrected chi connectivity index (χ2v) is 7.86. The van der Waals surface area contributed by atoms with Crippen molar-refractivity contribution in [3.63, 3.8) is 0 Å². The molecule has 8 heteroatoms. The third kappa shape index (κ3) is 5.57. The number of likely N-dealkylation sites (tertiary alicyclic amines) is 1. The van der Waals surface area contributed by atoms with Crippen LogP contribution in [0.15, 0.2) is 55.0 Å². The highest BCUT2D eigenvalue weighted by molar-refractivity contribution is 5.76. The molecule has 1 saturated heterocycles. The van der Waals surface area contributed by atoms with Gasteiger partial charge in [-0.1, -0.05) is 12.1 Å². The number of benzene rings is 1. The Kier molecular flexibility index (Phi) is 6.89. The molecule has 1 atom stereocenters. The number of aromatic nitrogens is 3. The van der Waals surface area contributed by atoms with E-state index in [0.29, 0.717) is 24.7 Å². The molecule has 166 valence electrons. The van der Waals surface area contributed by atoms with Gasteiger partial charge in [0.1, 0.15) is 23.2 Å². The number of nitrogens with one attached hydrogen (secondary N) is 1. The summed E-state index contributed by atoms with van der Waals surface area (Å²) in [6.07, 6.45) is 7.27. The summed E-state index contributed by atoms with van der Waals surface area (Å²) in [6, 6.07) is 9.80. The summed E-state index contributed by atoms with van der Waals surface area (Å²) in [7, 11) is 0. The van der Waals surface area contributed by atoms with Crippen molar-refractivity contribution in [1.29, 1.82) is 0 Å². The summed E-state index contributed by atoms with van der Waals surface area (Å²) in [4.78, 5) is 28.0. The van der Waals surface area contributed by atoms with Crippen LogP contribution in [-0.4, -0.2) is 45.5 Å². The predicted octanol–water partition coefficient (Wildman–Crippen LogP) is 4.24. The number of piperidine rings is 1. The molecule has 0 aliphatic carbocycles. The number of aryl methyl sites for hydroxylation is 1. The molecule has 0 spiro atoms. The summed E-state index contributed by atoms with van der Waals surface area (Å²) in [5.41, 5.74) is 1.88. The lowest BCUT2D eigenvalue weighted by atomic mass is 9.95. The van der Waals surface area contributed by atoms with E-state index in [0.717, 1.165) is 29.9 Å². The van der Waals surface area contributed by atoms with Crippen LogP contribution in [0.1, 0.15) is 36.4 Å². The predicted molar refractivity (Wildman–Crippen MR) is 119 cm³/mol. The zero-order valence-corrected chi connectivity index (χ0v) is 18.0. The summed E-state index contributed by atoms with van der Waals surface area (Å²) < 4.78 is 18.8. The normalized spacial score (nSPS) is 15.9. The SMILES string of the molecule is Cc1cccnc1Nc1cncc([C@@H]2CCCN(C(=O)CCOc3cccc(F)c3)C2)n1. The standard InChI is InChI=1S/C24H26FN5O2/c1-17-5-3-10-27-24(17)29-22-15-26-14-21(28-22)18-6-4-11-30(16-18)23(31)9-12-32-20-8-2-7-19(25)13-20/h2-3,5,7-8,10,13-15,18H,4,6,9,11-12,16H2,1H3,(H,27,28,29)/t18-/m1/s1. The fraction of sp³-hybridized carbons (Fsp3) is 0.333. The molecule has 1 fully saturated rings.